The zero-order valence-electron chi connectivity index (χ0n) is 14.9. The van der Waals surface area contributed by atoms with Crippen LogP contribution in [0.4, 0.5) is 0 Å². The predicted octanol–water partition coefficient (Wildman–Crippen LogP) is 3.88. The van der Waals surface area contributed by atoms with Crippen LogP contribution in [0.1, 0.15) is 48.3 Å². The van der Waals surface area contributed by atoms with Crippen molar-refractivity contribution in [2.24, 2.45) is 17.8 Å². The van der Waals surface area contributed by atoms with Crippen molar-refractivity contribution in [1.82, 2.24) is 19.9 Å². The van der Waals surface area contributed by atoms with Gasteiger partial charge in [0.15, 0.2) is 5.69 Å². The van der Waals surface area contributed by atoms with E-state index < -0.39 is 0 Å². The van der Waals surface area contributed by atoms with Gasteiger partial charge in [0.05, 0.1) is 11.4 Å². The van der Waals surface area contributed by atoms with Crippen molar-refractivity contribution in [3.8, 4) is 5.69 Å². The van der Waals surface area contributed by atoms with E-state index in [2.05, 4.69) is 15.2 Å². The van der Waals surface area contributed by atoms with Gasteiger partial charge in [-0.3, -0.25) is 4.79 Å². The average Bonchev–Trinajstić information content (AvgIpc) is 2.88. The first-order chi connectivity index (χ1) is 12.6. The molecule has 2 atom stereocenters. The molecule has 5 nitrogen and oxygen atoms in total. The molecule has 26 heavy (non-hydrogen) atoms. The Morgan fingerprint density at radius 2 is 1.85 bits per heavy atom. The SMILES string of the molecule is Cc1c(C(=O)N2CC3CC4CC(C3)CC2C4)nnn1-c1cccc(Cl)c1. The molecule has 4 bridgehead atoms. The standard InChI is InChI=1S/C20H23ClN4O/c1-12-19(22-23-25(12)17-4-2-3-16(21)10-17)20(26)24-11-15-6-13-5-14(7-15)9-18(24)8-13/h2-4,10,13-15,18H,5-9,11H2,1H3. The number of halogens is 1. The molecule has 6 heteroatoms. The first kappa shape index (κ1) is 16.3. The zero-order valence-corrected chi connectivity index (χ0v) is 15.7. The van der Waals surface area contributed by atoms with Crippen molar-refractivity contribution >= 4 is 17.5 Å². The Hall–Kier alpha value is -1.88. The normalized spacial score (nSPS) is 29.8. The smallest absolute Gasteiger partial charge is 0.276 e. The molecule has 2 aliphatic heterocycles. The monoisotopic (exact) mass is 370 g/mol. The zero-order chi connectivity index (χ0) is 17.8. The van der Waals surface area contributed by atoms with Gasteiger partial charge in [0.25, 0.3) is 5.91 Å². The number of hydrogen-bond acceptors (Lipinski definition) is 3. The summed E-state index contributed by atoms with van der Waals surface area (Å²) in [4.78, 5) is 15.4. The highest BCUT2D eigenvalue weighted by Gasteiger charge is 2.44. The van der Waals surface area contributed by atoms with Gasteiger partial charge in [-0.05, 0) is 75.0 Å². The number of hydrogen-bond donors (Lipinski definition) is 0. The number of aromatic nitrogens is 3. The molecule has 1 aromatic heterocycles. The summed E-state index contributed by atoms with van der Waals surface area (Å²) in [5.74, 6) is 2.35. The third-order valence-electron chi connectivity index (χ3n) is 6.52. The summed E-state index contributed by atoms with van der Waals surface area (Å²) in [6, 6.07) is 7.85. The highest BCUT2D eigenvalue weighted by Crippen LogP contribution is 2.47. The molecule has 1 aromatic carbocycles. The molecular weight excluding hydrogens is 348 g/mol. The highest BCUT2D eigenvalue weighted by molar-refractivity contribution is 6.30. The molecule has 6 rings (SSSR count). The largest absolute Gasteiger partial charge is 0.334 e. The second-order valence-corrected chi connectivity index (χ2v) is 8.74. The summed E-state index contributed by atoms with van der Waals surface area (Å²) in [5, 5.41) is 9.13. The van der Waals surface area contributed by atoms with E-state index in [1.54, 1.807) is 4.68 Å². The number of fused-ring (bicyclic) bond motifs is 1. The Morgan fingerprint density at radius 3 is 2.58 bits per heavy atom. The number of amides is 1. The van der Waals surface area contributed by atoms with Gasteiger partial charge in [-0.1, -0.05) is 22.9 Å². The number of carbonyl (C=O) groups is 1. The quantitative estimate of drug-likeness (QED) is 0.806. The molecule has 1 amide bonds. The summed E-state index contributed by atoms with van der Waals surface area (Å²) in [5.41, 5.74) is 2.09. The molecule has 2 unspecified atom stereocenters. The molecule has 4 aliphatic rings. The Bertz CT molecular complexity index is 849. The van der Waals surface area contributed by atoms with Crippen molar-refractivity contribution in [3.63, 3.8) is 0 Å². The lowest BCUT2D eigenvalue weighted by atomic mass is 9.68. The summed E-state index contributed by atoms with van der Waals surface area (Å²) in [7, 11) is 0. The predicted molar refractivity (Wildman–Crippen MR) is 99.5 cm³/mol. The number of nitrogens with zero attached hydrogens (tertiary/aromatic N) is 4. The van der Waals surface area contributed by atoms with Crippen LogP contribution in [0.5, 0.6) is 0 Å². The van der Waals surface area contributed by atoms with Gasteiger partial charge < -0.3 is 4.90 Å². The summed E-state index contributed by atoms with van der Waals surface area (Å²) >= 11 is 6.10. The molecule has 3 heterocycles. The van der Waals surface area contributed by atoms with Gasteiger partial charge in [0.1, 0.15) is 0 Å². The first-order valence-electron chi connectivity index (χ1n) is 9.57. The van der Waals surface area contributed by atoms with Gasteiger partial charge in [0.2, 0.25) is 0 Å². The molecule has 2 saturated heterocycles. The molecule has 0 N–H and O–H groups in total. The van der Waals surface area contributed by atoms with Crippen LogP contribution in [0.2, 0.25) is 5.02 Å². The summed E-state index contributed by atoms with van der Waals surface area (Å²) < 4.78 is 1.71. The van der Waals surface area contributed by atoms with E-state index in [-0.39, 0.29) is 5.91 Å². The number of benzene rings is 1. The van der Waals surface area contributed by atoms with Crippen LogP contribution in [0.3, 0.4) is 0 Å². The van der Waals surface area contributed by atoms with E-state index in [1.807, 2.05) is 31.2 Å². The second kappa shape index (κ2) is 6.08. The molecular formula is C20H23ClN4O. The second-order valence-electron chi connectivity index (χ2n) is 8.30. The van der Waals surface area contributed by atoms with Crippen molar-refractivity contribution < 1.29 is 4.79 Å². The molecule has 0 spiro atoms. The van der Waals surface area contributed by atoms with Crippen LogP contribution in [0.25, 0.3) is 5.69 Å². The fraction of sp³-hybridized carbons (Fsp3) is 0.550. The van der Waals surface area contributed by atoms with Gasteiger partial charge in [0, 0.05) is 17.6 Å². The third kappa shape index (κ3) is 2.64. The number of rotatable bonds is 2. The molecule has 0 radical (unpaired) electrons. The van der Waals surface area contributed by atoms with Gasteiger partial charge >= 0.3 is 0 Å². The Morgan fingerprint density at radius 1 is 1.12 bits per heavy atom. The van der Waals surface area contributed by atoms with E-state index in [0.29, 0.717) is 22.7 Å². The minimum absolute atomic E-state index is 0.0500. The summed E-state index contributed by atoms with van der Waals surface area (Å²) in [6.45, 7) is 2.80. The van der Waals surface area contributed by atoms with E-state index in [9.17, 15) is 4.79 Å². The van der Waals surface area contributed by atoms with E-state index in [1.165, 1.54) is 32.1 Å². The van der Waals surface area contributed by atoms with Crippen LogP contribution >= 0.6 is 11.6 Å². The third-order valence-corrected chi connectivity index (χ3v) is 6.75. The molecule has 4 fully saturated rings. The fourth-order valence-corrected chi connectivity index (χ4v) is 5.73. The molecule has 2 aromatic rings. The van der Waals surface area contributed by atoms with Crippen molar-refractivity contribution in [2.45, 2.75) is 45.1 Å². The topological polar surface area (TPSA) is 51.0 Å². The van der Waals surface area contributed by atoms with Crippen molar-refractivity contribution in [1.29, 1.82) is 0 Å². The molecule has 2 saturated carbocycles. The van der Waals surface area contributed by atoms with Gasteiger partial charge in [-0.2, -0.15) is 0 Å². The van der Waals surface area contributed by atoms with Crippen molar-refractivity contribution in [2.75, 3.05) is 6.54 Å². The maximum Gasteiger partial charge on any atom is 0.276 e. The van der Waals surface area contributed by atoms with E-state index in [4.69, 9.17) is 11.6 Å². The van der Waals surface area contributed by atoms with Crippen LogP contribution in [0, 0.1) is 24.7 Å². The minimum Gasteiger partial charge on any atom is -0.334 e. The van der Waals surface area contributed by atoms with Crippen LogP contribution in [-0.2, 0) is 0 Å². The van der Waals surface area contributed by atoms with Crippen LogP contribution in [0.15, 0.2) is 24.3 Å². The first-order valence-corrected chi connectivity index (χ1v) is 9.95. The van der Waals surface area contributed by atoms with E-state index >= 15 is 0 Å². The van der Waals surface area contributed by atoms with Crippen LogP contribution < -0.4 is 0 Å². The minimum atomic E-state index is 0.0500. The molecule has 136 valence electrons. The van der Waals surface area contributed by atoms with Gasteiger partial charge in [-0.25, -0.2) is 4.68 Å². The maximum absolute atomic E-state index is 13.3. The van der Waals surface area contributed by atoms with Crippen LogP contribution in [-0.4, -0.2) is 38.4 Å². The lowest BCUT2D eigenvalue weighted by Gasteiger charge is -2.38. The fourth-order valence-electron chi connectivity index (χ4n) is 5.55. The molecule has 2 aliphatic carbocycles. The van der Waals surface area contributed by atoms with E-state index in [0.717, 1.165) is 29.8 Å². The number of carbonyl (C=O) groups excluding carboxylic acids is 1. The van der Waals surface area contributed by atoms with Gasteiger partial charge in [-0.15, -0.1) is 5.10 Å². The van der Waals surface area contributed by atoms with Crippen molar-refractivity contribution in [3.05, 3.63) is 40.7 Å². The Kier molecular flexibility index (Phi) is 3.82. The summed E-state index contributed by atoms with van der Waals surface area (Å²) in [6.07, 6.45) is 6.30. The maximum atomic E-state index is 13.3. The Labute approximate surface area is 158 Å². The highest BCUT2D eigenvalue weighted by atomic mass is 35.5. The lowest BCUT2D eigenvalue weighted by Crippen LogP contribution is -2.42. The lowest BCUT2D eigenvalue weighted by molar-refractivity contribution is 0.0626. The Balaban J connectivity index is 1.46. The average molecular weight is 371 g/mol.